The first kappa shape index (κ1) is 17.2. The third-order valence-corrected chi connectivity index (χ3v) is 8.05. The molecule has 0 saturated carbocycles. The van der Waals surface area contributed by atoms with Gasteiger partial charge in [-0.15, -0.1) is 23.5 Å². The Kier molecular flexibility index (Phi) is 5.66. The molecule has 0 aliphatic carbocycles. The molecule has 4 heteroatoms. The van der Waals surface area contributed by atoms with E-state index in [-0.39, 0.29) is 15.3 Å². The number of benzene rings is 1. The summed E-state index contributed by atoms with van der Waals surface area (Å²) in [5.74, 6) is 0.274. The van der Waals surface area contributed by atoms with E-state index in [9.17, 15) is 4.79 Å². The molecule has 0 fully saturated rings. The highest BCUT2D eigenvalue weighted by atomic mass is 79.9. The minimum Gasteiger partial charge on any atom is -0.300 e. The average Bonchev–Trinajstić information content (AvgIpc) is 2.87. The molecular weight excluding hydrogens is 364 g/mol. The number of hydrogen-bond acceptors (Lipinski definition) is 3. The third kappa shape index (κ3) is 4.17. The number of carbonyl (C=O) groups is 1. The maximum atomic E-state index is 11.6. The van der Waals surface area contributed by atoms with Crippen molar-refractivity contribution in [3.8, 4) is 0 Å². The Morgan fingerprint density at radius 2 is 1.76 bits per heavy atom. The molecule has 1 nitrogen and oxygen atoms in total. The molecule has 0 saturated heterocycles. The van der Waals surface area contributed by atoms with Crippen LogP contribution in [-0.4, -0.2) is 9.86 Å². The Balaban J connectivity index is 2.11. The Labute approximate surface area is 144 Å². The lowest BCUT2D eigenvalue weighted by Crippen LogP contribution is -2.39. The van der Waals surface area contributed by atoms with Crippen molar-refractivity contribution in [1.82, 2.24) is 0 Å². The van der Waals surface area contributed by atoms with Gasteiger partial charge in [0, 0.05) is 10.9 Å². The second kappa shape index (κ2) is 6.93. The molecule has 1 aromatic carbocycles. The lowest BCUT2D eigenvalue weighted by Gasteiger charge is -2.42. The fraction of sp³-hybridized carbons (Fsp3) is 0.471. The van der Waals surface area contributed by atoms with E-state index in [1.54, 1.807) is 6.92 Å². The van der Waals surface area contributed by atoms with Gasteiger partial charge in [0.2, 0.25) is 0 Å². The molecule has 0 radical (unpaired) electrons. The van der Waals surface area contributed by atoms with Gasteiger partial charge in [-0.25, -0.2) is 0 Å². The number of rotatable bonds is 6. The monoisotopic (exact) mass is 384 g/mol. The van der Waals surface area contributed by atoms with Crippen molar-refractivity contribution in [3.05, 3.63) is 45.1 Å². The van der Waals surface area contributed by atoms with E-state index in [2.05, 4.69) is 64.9 Å². The first-order chi connectivity index (χ1) is 9.85. The van der Waals surface area contributed by atoms with E-state index in [0.29, 0.717) is 6.42 Å². The Morgan fingerprint density at radius 1 is 1.19 bits per heavy atom. The SMILES string of the molecule is CC(=O)CC(C)(C)C1(CCc2ccc(Br)cc2)SC=CS1. The topological polar surface area (TPSA) is 17.1 Å². The molecule has 1 heterocycles. The van der Waals surface area contributed by atoms with Crippen molar-refractivity contribution < 1.29 is 4.79 Å². The first-order valence-corrected chi connectivity index (χ1v) is 9.64. The van der Waals surface area contributed by atoms with E-state index in [0.717, 1.165) is 17.3 Å². The number of carbonyl (C=O) groups excluding carboxylic acids is 1. The molecule has 0 unspecified atom stereocenters. The zero-order chi connectivity index (χ0) is 15.5. The molecule has 1 aliphatic heterocycles. The van der Waals surface area contributed by atoms with Crippen LogP contribution in [0.25, 0.3) is 0 Å². The van der Waals surface area contributed by atoms with E-state index >= 15 is 0 Å². The number of halogens is 1. The molecule has 0 spiro atoms. The number of ketones is 1. The highest BCUT2D eigenvalue weighted by Crippen LogP contribution is 2.59. The highest BCUT2D eigenvalue weighted by molar-refractivity contribution is 9.10. The predicted octanol–water partition coefficient (Wildman–Crippen LogP) is 6.03. The summed E-state index contributed by atoms with van der Waals surface area (Å²) >= 11 is 7.24. The predicted molar refractivity (Wildman–Crippen MR) is 98.6 cm³/mol. The lowest BCUT2D eigenvalue weighted by atomic mass is 9.81. The van der Waals surface area contributed by atoms with Crippen molar-refractivity contribution in [1.29, 1.82) is 0 Å². The van der Waals surface area contributed by atoms with Crippen molar-refractivity contribution in [2.24, 2.45) is 5.41 Å². The summed E-state index contributed by atoms with van der Waals surface area (Å²) < 4.78 is 1.18. The Morgan fingerprint density at radius 3 is 2.29 bits per heavy atom. The normalized spacial score (nSPS) is 17.1. The van der Waals surface area contributed by atoms with Gasteiger partial charge < -0.3 is 4.79 Å². The summed E-state index contributed by atoms with van der Waals surface area (Å²) in [4.78, 5) is 11.6. The summed E-state index contributed by atoms with van der Waals surface area (Å²) in [6.45, 7) is 6.15. The van der Waals surface area contributed by atoms with Crippen LogP contribution in [0, 0.1) is 5.41 Å². The van der Waals surface area contributed by atoms with Crippen LogP contribution >= 0.6 is 39.5 Å². The van der Waals surface area contributed by atoms with Crippen molar-refractivity contribution >= 4 is 45.2 Å². The lowest BCUT2D eigenvalue weighted by molar-refractivity contribution is -0.119. The van der Waals surface area contributed by atoms with Gasteiger partial charge >= 0.3 is 0 Å². The van der Waals surface area contributed by atoms with Gasteiger partial charge in [0.05, 0.1) is 4.08 Å². The van der Waals surface area contributed by atoms with Gasteiger partial charge in [-0.3, -0.25) is 0 Å². The second-order valence-electron chi connectivity index (χ2n) is 6.15. The fourth-order valence-electron chi connectivity index (χ4n) is 2.80. The van der Waals surface area contributed by atoms with E-state index in [1.807, 2.05) is 23.5 Å². The standard InChI is InChI=1S/C17H21BrOS2/c1-13(19)12-16(2,3)17(20-10-11-21-17)9-8-14-4-6-15(18)7-5-14/h4-7,10-11H,8-9,12H2,1-3H3. The Hall–Kier alpha value is -0.190. The van der Waals surface area contributed by atoms with Crippen LogP contribution in [0.15, 0.2) is 39.6 Å². The highest BCUT2D eigenvalue weighted by Gasteiger charge is 2.47. The number of Topliss-reactive ketones (excluding diaryl/α,β-unsaturated/α-hetero) is 1. The molecule has 0 amide bonds. The summed E-state index contributed by atoms with van der Waals surface area (Å²) in [6, 6.07) is 8.53. The van der Waals surface area contributed by atoms with Crippen molar-refractivity contribution in [3.63, 3.8) is 0 Å². The quantitative estimate of drug-likeness (QED) is 0.595. The van der Waals surface area contributed by atoms with Crippen LogP contribution in [0.3, 0.4) is 0 Å². The van der Waals surface area contributed by atoms with Gasteiger partial charge in [-0.05, 0) is 53.7 Å². The van der Waals surface area contributed by atoms with E-state index in [4.69, 9.17) is 0 Å². The zero-order valence-electron chi connectivity index (χ0n) is 12.7. The fourth-order valence-corrected chi connectivity index (χ4v) is 5.72. The molecule has 114 valence electrons. The summed E-state index contributed by atoms with van der Waals surface area (Å²) in [7, 11) is 0. The Bertz CT molecular complexity index is 526. The molecule has 21 heavy (non-hydrogen) atoms. The smallest absolute Gasteiger partial charge is 0.130 e. The van der Waals surface area contributed by atoms with Crippen LogP contribution < -0.4 is 0 Å². The minimum atomic E-state index is -0.0208. The molecule has 1 aliphatic rings. The van der Waals surface area contributed by atoms with Crippen LogP contribution in [0.5, 0.6) is 0 Å². The van der Waals surface area contributed by atoms with Crippen LogP contribution in [-0.2, 0) is 11.2 Å². The van der Waals surface area contributed by atoms with Gasteiger partial charge in [0.25, 0.3) is 0 Å². The summed E-state index contributed by atoms with van der Waals surface area (Å²) in [5.41, 5.74) is 1.33. The van der Waals surface area contributed by atoms with Crippen molar-refractivity contribution in [2.75, 3.05) is 0 Å². The van der Waals surface area contributed by atoms with Crippen molar-refractivity contribution in [2.45, 2.75) is 44.1 Å². The minimum absolute atomic E-state index is 0.0208. The van der Waals surface area contributed by atoms with Crippen LogP contribution in [0.2, 0.25) is 0 Å². The molecule has 0 atom stereocenters. The number of aryl methyl sites for hydroxylation is 1. The van der Waals surface area contributed by atoms with Gasteiger partial charge in [0.15, 0.2) is 0 Å². The zero-order valence-corrected chi connectivity index (χ0v) is 15.9. The van der Waals surface area contributed by atoms with E-state index < -0.39 is 0 Å². The summed E-state index contributed by atoms with van der Waals surface area (Å²) in [6.07, 6.45) is 2.74. The van der Waals surface area contributed by atoms with Gasteiger partial charge in [-0.2, -0.15) is 0 Å². The third-order valence-electron chi connectivity index (χ3n) is 3.95. The van der Waals surface area contributed by atoms with Crippen LogP contribution in [0.4, 0.5) is 0 Å². The number of thioether (sulfide) groups is 2. The molecule has 0 aromatic heterocycles. The first-order valence-electron chi connectivity index (χ1n) is 7.09. The van der Waals surface area contributed by atoms with E-state index in [1.165, 1.54) is 5.56 Å². The maximum absolute atomic E-state index is 11.6. The second-order valence-corrected chi connectivity index (χ2v) is 9.73. The molecule has 2 rings (SSSR count). The number of hydrogen-bond donors (Lipinski definition) is 0. The van der Waals surface area contributed by atoms with Gasteiger partial charge in [-0.1, -0.05) is 41.9 Å². The van der Waals surface area contributed by atoms with Crippen LogP contribution in [0.1, 0.15) is 39.2 Å². The average molecular weight is 385 g/mol. The largest absolute Gasteiger partial charge is 0.300 e. The molecule has 1 aromatic rings. The molecular formula is C17H21BrOS2. The maximum Gasteiger partial charge on any atom is 0.130 e. The molecule has 0 bridgehead atoms. The molecule has 0 N–H and O–H groups in total. The summed E-state index contributed by atoms with van der Waals surface area (Å²) in [5, 5.41) is 4.35. The van der Waals surface area contributed by atoms with Gasteiger partial charge in [0.1, 0.15) is 5.78 Å².